The second kappa shape index (κ2) is 12.1. The van der Waals surface area contributed by atoms with Crippen LogP contribution in [0.3, 0.4) is 0 Å². The van der Waals surface area contributed by atoms with Gasteiger partial charge in [0.1, 0.15) is 0 Å². The molecule has 2 aromatic carbocycles. The van der Waals surface area contributed by atoms with E-state index >= 15 is 0 Å². The van der Waals surface area contributed by atoms with Crippen LogP contribution in [0.4, 0.5) is 11.4 Å². The molecule has 0 saturated carbocycles. The van der Waals surface area contributed by atoms with Gasteiger partial charge in [0, 0.05) is 12.1 Å². The van der Waals surface area contributed by atoms with Crippen molar-refractivity contribution < 1.29 is 9.59 Å². The molecule has 30 heavy (non-hydrogen) atoms. The Morgan fingerprint density at radius 3 is 2.37 bits per heavy atom. The van der Waals surface area contributed by atoms with Crippen LogP contribution in [0.1, 0.15) is 66.9 Å². The molecule has 0 aromatic heterocycles. The smallest absolute Gasteiger partial charge is 0.257 e. The van der Waals surface area contributed by atoms with Crippen molar-refractivity contribution in [1.29, 1.82) is 0 Å². The maximum Gasteiger partial charge on any atom is 0.257 e. The highest BCUT2D eigenvalue weighted by Gasteiger charge is 2.13. The van der Waals surface area contributed by atoms with Crippen LogP contribution in [0.5, 0.6) is 0 Å². The van der Waals surface area contributed by atoms with Gasteiger partial charge in [-0.25, -0.2) is 0 Å². The molecule has 3 N–H and O–H groups in total. The molecule has 0 saturated heterocycles. The van der Waals surface area contributed by atoms with Crippen LogP contribution in [0, 0.1) is 13.8 Å². The number of carbonyl (C=O) groups is 2. The molecule has 0 atom stereocenters. The van der Waals surface area contributed by atoms with E-state index in [-0.39, 0.29) is 16.9 Å². The minimum absolute atomic E-state index is 0.110. The van der Waals surface area contributed by atoms with Crippen molar-refractivity contribution in [2.24, 2.45) is 0 Å². The molecule has 2 rings (SSSR count). The first-order chi connectivity index (χ1) is 14.4. The number of amides is 2. The molecule has 2 amide bonds. The molecule has 2 aromatic rings. The lowest BCUT2D eigenvalue weighted by Gasteiger charge is -2.14. The van der Waals surface area contributed by atoms with Gasteiger partial charge in [-0.3, -0.25) is 9.59 Å². The Labute approximate surface area is 184 Å². The Hall–Kier alpha value is -2.73. The topological polar surface area (TPSA) is 70.2 Å². The Morgan fingerprint density at radius 2 is 1.63 bits per heavy atom. The number of anilines is 2. The van der Waals surface area contributed by atoms with E-state index in [2.05, 4.69) is 22.9 Å². The lowest BCUT2D eigenvalue weighted by Crippen LogP contribution is -2.34. The fourth-order valence-electron chi connectivity index (χ4n) is 3.04. The van der Waals surface area contributed by atoms with Crippen LogP contribution < -0.4 is 16.0 Å². The van der Waals surface area contributed by atoms with Crippen LogP contribution in [0.2, 0.25) is 0 Å². The first-order valence-corrected chi connectivity index (χ1v) is 10.9. The van der Waals surface area contributed by atoms with E-state index in [9.17, 15) is 9.59 Å². The number of thiocarbonyl (C=S) groups is 1. The molecular formula is C24H31N3O2S. The summed E-state index contributed by atoms with van der Waals surface area (Å²) in [5, 5.41) is 8.79. The molecular weight excluding hydrogens is 394 g/mol. The molecule has 6 heteroatoms. The van der Waals surface area contributed by atoms with Gasteiger partial charge in [-0.2, -0.15) is 0 Å². The number of aryl methyl sites for hydroxylation is 2. The zero-order valence-electron chi connectivity index (χ0n) is 18.0. The third kappa shape index (κ3) is 7.59. The zero-order chi connectivity index (χ0) is 21.9. The SMILES string of the molecule is CCCCCCCC(=O)NC(=S)Nc1ccccc1C(=O)Nc1ccc(C)c(C)c1. The number of carbonyl (C=O) groups excluding carboxylic acids is 2. The fourth-order valence-corrected chi connectivity index (χ4v) is 3.26. The van der Waals surface area contributed by atoms with Gasteiger partial charge in [0.05, 0.1) is 11.3 Å². The Morgan fingerprint density at radius 1 is 0.900 bits per heavy atom. The second-order valence-corrected chi connectivity index (χ2v) is 7.87. The van der Waals surface area contributed by atoms with Crippen molar-refractivity contribution in [1.82, 2.24) is 5.32 Å². The molecule has 0 fully saturated rings. The number of hydrogen-bond acceptors (Lipinski definition) is 3. The van der Waals surface area contributed by atoms with E-state index in [1.165, 1.54) is 18.4 Å². The van der Waals surface area contributed by atoms with E-state index in [0.717, 1.165) is 30.5 Å². The lowest BCUT2D eigenvalue weighted by molar-refractivity contribution is -0.119. The quantitative estimate of drug-likeness (QED) is 0.354. The second-order valence-electron chi connectivity index (χ2n) is 7.47. The predicted molar refractivity (Wildman–Crippen MR) is 128 cm³/mol. The molecule has 0 spiro atoms. The van der Waals surface area contributed by atoms with Crippen molar-refractivity contribution in [2.75, 3.05) is 10.6 Å². The summed E-state index contributed by atoms with van der Waals surface area (Å²) in [7, 11) is 0. The van der Waals surface area contributed by atoms with E-state index < -0.39 is 0 Å². The third-order valence-electron chi connectivity index (χ3n) is 4.95. The summed E-state index contributed by atoms with van der Waals surface area (Å²) in [6.07, 6.45) is 5.86. The van der Waals surface area contributed by atoms with Crippen molar-refractivity contribution in [2.45, 2.75) is 59.3 Å². The Kier molecular flexibility index (Phi) is 9.48. The van der Waals surface area contributed by atoms with E-state index in [0.29, 0.717) is 17.7 Å². The molecule has 0 aliphatic heterocycles. The predicted octanol–water partition coefficient (Wildman–Crippen LogP) is 5.73. The number of rotatable bonds is 9. The largest absolute Gasteiger partial charge is 0.332 e. The van der Waals surface area contributed by atoms with Gasteiger partial charge >= 0.3 is 0 Å². The molecule has 0 unspecified atom stereocenters. The average Bonchev–Trinajstić information content (AvgIpc) is 2.71. The maximum absolute atomic E-state index is 12.8. The molecule has 5 nitrogen and oxygen atoms in total. The third-order valence-corrected chi connectivity index (χ3v) is 5.15. The van der Waals surface area contributed by atoms with Crippen molar-refractivity contribution in [3.8, 4) is 0 Å². The minimum atomic E-state index is -0.244. The molecule has 0 aliphatic carbocycles. The van der Waals surface area contributed by atoms with Gasteiger partial charge in [-0.05, 0) is 67.9 Å². The number of hydrogen-bond donors (Lipinski definition) is 3. The number of nitrogens with one attached hydrogen (secondary N) is 3. The summed E-state index contributed by atoms with van der Waals surface area (Å²) in [6.45, 7) is 6.20. The van der Waals surface area contributed by atoms with Gasteiger partial charge in [-0.1, -0.05) is 50.8 Å². The zero-order valence-corrected chi connectivity index (χ0v) is 18.8. The van der Waals surface area contributed by atoms with Crippen LogP contribution in [0.15, 0.2) is 42.5 Å². The maximum atomic E-state index is 12.8. The highest BCUT2D eigenvalue weighted by atomic mass is 32.1. The Balaban J connectivity index is 1.93. The highest BCUT2D eigenvalue weighted by molar-refractivity contribution is 7.80. The molecule has 0 heterocycles. The van der Waals surface area contributed by atoms with Crippen LogP contribution in [-0.4, -0.2) is 16.9 Å². The van der Waals surface area contributed by atoms with Crippen molar-refractivity contribution in [3.05, 3.63) is 59.2 Å². The van der Waals surface area contributed by atoms with Gasteiger partial charge < -0.3 is 16.0 Å². The van der Waals surface area contributed by atoms with Crippen LogP contribution >= 0.6 is 12.2 Å². The summed E-state index contributed by atoms with van der Waals surface area (Å²) in [6, 6.07) is 12.9. The van der Waals surface area contributed by atoms with E-state index in [1.807, 2.05) is 38.1 Å². The summed E-state index contributed by atoms with van der Waals surface area (Å²) in [4.78, 5) is 24.9. The van der Waals surface area contributed by atoms with Crippen molar-refractivity contribution >= 4 is 40.5 Å². The summed E-state index contributed by atoms with van der Waals surface area (Å²) >= 11 is 5.27. The van der Waals surface area contributed by atoms with E-state index in [4.69, 9.17) is 12.2 Å². The number of para-hydroxylation sites is 1. The van der Waals surface area contributed by atoms with Gasteiger partial charge in [-0.15, -0.1) is 0 Å². The molecule has 0 aliphatic rings. The van der Waals surface area contributed by atoms with E-state index in [1.54, 1.807) is 18.2 Å². The van der Waals surface area contributed by atoms with Crippen LogP contribution in [-0.2, 0) is 4.79 Å². The summed E-state index contributed by atoms with van der Waals surface area (Å²) in [5.74, 6) is -0.354. The lowest BCUT2D eigenvalue weighted by atomic mass is 10.1. The fraction of sp³-hybridized carbons (Fsp3) is 0.375. The highest BCUT2D eigenvalue weighted by Crippen LogP contribution is 2.19. The van der Waals surface area contributed by atoms with Gasteiger partial charge in [0.25, 0.3) is 5.91 Å². The van der Waals surface area contributed by atoms with Gasteiger partial charge in [0.15, 0.2) is 5.11 Å². The number of unbranched alkanes of at least 4 members (excludes halogenated alkanes) is 4. The summed E-state index contributed by atoms with van der Waals surface area (Å²) in [5.41, 5.74) is 4.01. The molecule has 160 valence electrons. The molecule has 0 radical (unpaired) electrons. The first-order valence-electron chi connectivity index (χ1n) is 10.5. The first kappa shape index (κ1) is 23.5. The standard InChI is InChI=1S/C24H31N3O2S/c1-4-5-6-7-8-13-22(28)27-24(30)26-21-12-10-9-11-20(21)23(29)25-19-15-14-17(2)18(3)16-19/h9-12,14-16H,4-8,13H2,1-3H3,(H,25,29)(H2,26,27,28,30). The minimum Gasteiger partial charge on any atom is -0.332 e. The summed E-state index contributed by atoms with van der Waals surface area (Å²) < 4.78 is 0. The Bertz CT molecular complexity index is 896. The number of benzene rings is 2. The van der Waals surface area contributed by atoms with Gasteiger partial charge in [0.2, 0.25) is 5.91 Å². The average molecular weight is 426 g/mol. The molecule has 0 bridgehead atoms. The van der Waals surface area contributed by atoms with Crippen molar-refractivity contribution in [3.63, 3.8) is 0 Å². The monoisotopic (exact) mass is 425 g/mol. The normalized spacial score (nSPS) is 10.4. The van der Waals surface area contributed by atoms with Crippen LogP contribution in [0.25, 0.3) is 0 Å².